The summed E-state index contributed by atoms with van der Waals surface area (Å²) in [5.74, 6) is -1.55. The van der Waals surface area contributed by atoms with Gasteiger partial charge in [0.15, 0.2) is 0 Å². The number of benzene rings is 2. The van der Waals surface area contributed by atoms with Crippen LogP contribution in [0.5, 0.6) is 0 Å². The number of aromatic nitrogens is 1. The number of aliphatic carboxylic acids is 1. The molecular formula is C19H16Cl2N2O3. The fraction of sp³-hybridized carbons (Fsp3) is 0.158. The van der Waals surface area contributed by atoms with E-state index in [1.807, 2.05) is 24.3 Å². The van der Waals surface area contributed by atoms with E-state index in [4.69, 9.17) is 23.2 Å². The van der Waals surface area contributed by atoms with E-state index in [9.17, 15) is 14.7 Å². The summed E-state index contributed by atoms with van der Waals surface area (Å²) in [5.41, 5.74) is 2.22. The molecule has 0 saturated heterocycles. The van der Waals surface area contributed by atoms with Crippen LogP contribution in [0.2, 0.25) is 10.0 Å². The van der Waals surface area contributed by atoms with Gasteiger partial charge in [-0.3, -0.25) is 4.79 Å². The summed E-state index contributed by atoms with van der Waals surface area (Å²) in [6.07, 6.45) is 1.84. The van der Waals surface area contributed by atoms with Crippen molar-refractivity contribution in [1.82, 2.24) is 10.3 Å². The smallest absolute Gasteiger partial charge is 0.326 e. The Balaban J connectivity index is 1.74. The number of carboxylic acid groups (broad SMARTS) is 1. The predicted octanol–water partition coefficient (Wildman–Crippen LogP) is 3.83. The predicted molar refractivity (Wildman–Crippen MR) is 102 cm³/mol. The lowest BCUT2D eigenvalue weighted by molar-refractivity contribution is -0.141. The van der Waals surface area contributed by atoms with Crippen LogP contribution in [0.15, 0.2) is 48.7 Å². The van der Waals surface area contributed by atoms with Crippen LogP contribution in [-0.2, 0) is 22.4 Å². The first kappa shape index (κ1) is 18.3. The SMILES string of the molecule is O=C(Cc1c(Cl)cccc1Cl)N[C@@H](Cc1c[nH]c2ccccc12)C(=O)O. The number of carbonyl (C=O) groups is 2. The quantitative estimate of drug-likeness (QED) is 0.597. The molecule has 7 heteroatoms. The van der Waals surface area contributed by atoms with Gasteiger partial charge in [0.05, 0.1) is 6.42 Å². The Labute approximate surface area is 159 Å². The van der Waals surface area contributed by atoms with Gasteiger partial charge in [-0.25, -0.2) is 4.79 Å². The zero-order valence-corrected chi connectivity index (χ0v) is 15.1. The topological polar surface area (TPSA) is 82.2 Å². The highest BCUT2D eigenvalue weighted by Crippen LogP contribution is 2.25. The maximum absolute atomic E-state index is 12.3. The molecule has 3 rings (SSSR count). The van der Waals surface area contributed by atoms with Gasteiger partial charge in [-0.2, -0.15) is 0 Å². The van der Waals surface area contributed by atoms with Crippen molar-refractivity contribution < 1.29 is 14.7 Å². The normalized spacial score (nSPS) is 12.1. The fourth-order valence-electron chi connectivity index (χ4n) is 2.83. The van der Waals surface area contributed by atoms with Gasteiger partial charge in [0.2, 0.25) is 5.91 Å². The number of fused-ring (bicyclic) bond motifs is 1. The Hall–Kier alpha value is -2.50. The molecule has 3 N–H and O–H groups in total. The standard InChI is InChI=1S/C19H16Cl2N2O3/c20-14-5-3-6-15(21)13(14)9-18(24)23-17(19(25)26)8-11-10-22-16-7-2-1-4-12(11)16/h1-7,10,17,22H,8-9H2,(H,23,24)(H,25,26)/t17-/m0/s1. The molecule has 1 heterocycles. The highest BCUT2D eigenvalue weighted by molar-refractivity contribution is 6.36. The number of aromatic amines is 1. The molecule has 5 nitrogen and oxygen atoms in total. The highest BCUT2D eigenvalue weighted by Gasteiger charge is 2.22. The summed E-state index contributed by atoms with van der Waals surface area (Å²) >= 11 is 12.1. The monoisotopic (exact) mass is 390 g/mol. The van der Waals surface area contributed by atoms with Crippen LogP contribution in [0.1, 0.15) is 11.1 Å². The summed E-state index contributed by atoms with van der Waals surface area (Å²) in [4.78, 5) is 27.0. The summed E-state index contributed by atoms with van der Waals surface area (Å²) in [7, 11) is 0. The molecule has 1 atom stereocenters. The fourth-order valence-corrected chi connectivity index (χ4v) is 3.36. The zero-order valence-electron chi connectivity index (χ0n) is 13.6. The molecule has 0 radical (unpaired) electrons. The third kappa shape index (κ3) is 4.00. The van der Waals surface area contributed by atoms with Gasteiger partial charge in [0, 0.05) is 33.6 Å². The zero-order chi connectivity index (χ0) is 18.7. The largest absolute Gasteiger partial charge is 0.480 e. The van der Waals surface area contributed by atoms with E-state index in [2.05, 4.69) is 10.3 Å². The molecule has 1 amide bonds. The first-order valence-electron chi connectivity index (χ1n) is 7.95. The van der Waals surface area contributed by atoms with E-state index >= 15 is 0 Å². The number of para-hydroxylation sites is 1. The van der Waals surface area contributed by atoms with Gasteiger partial charge in [-0.05, 0) is 29.3 Å². The van der Waals surface area contributed by atoms with E-state index in [-0.39, 0.29) is 12.8 Å². The summed E-state index contributed by atoms with van der Waals surface area (Å²) in [6.45, 7) is 0. The molecule has 3 aromatic rings. The van der Waals surface area contributed by atoms with Crippen molar-refractivity contribution >= 4 is 46.0 Å². The number of carbonyl (C=O) groups excluding carboxylic acids is 1. The van der Waals surface area contributed by atoms with E-state index in [0.29, 0.717) is 15.6 Å². The first-order chi connectivity index (χ1) is 12.5. The van der Waals surface area contributed by atoms with E-state index in [1.54, 1.807) is 24.4 Å². The molecule has 26 heavy (non-hydrogen) atoms. The number of carboxylic acids is 1. The molecule has 0 aliphatic heterocycles. The minimum atomic E-state index is -1.10. The summed E-state index contributed by atoms with van der Waals surface area (Å²) in [6, 6.07) is 11.5. The van der Waals surface area contributed by atoms with Gasteiger partial charge >= 0.3 is 5.97 Å². The third-order valence-electron chi connectivity index (χ3n) is 4.13. The highest BCUT2D eigenvalue weighted by atomic mass is 35.5. The molecule has 0 aliphatic carbocycles. The number of amides is 1. The summed E-state index contributed by atoms with van der Waals surface area (Å²) < 4.78 is 0. The van der Waals surface area contributed by atoms with Crippen LogP contribution in [-0.4, -0.2) is 28.0 Å². The van der Waals surface area contributed by atoms with Crippen molar-refractivity contribution in [3.05, 3.63) is 69.8 Å². The van der Waals surface area contributed by atoms with Crippen LogP contribution in [0.4, 0.5) is 0 Å². The Kier molecular flexibility index (Phi) is 5.49. The van der Waals surface area contributed by atoms with Crippen molar-refractivity contribution in [2.45, 2.75) is 18.9 Å². The number of hydrogen-bond donors (Lipinski definition) is 3. The molecule has 0 fully saturated rings. The Bertz CT molecular complexity index is 948. The molecule has 134 valence electrons. The number of nitrogens with one attached hydrogen (secondary N) is 2. The van der Waals surface area contributed by atoms with Crippen LogP contribution in [0.3, 0.4) is 0 Å². The van der Waals surface area contributed by atoms with Crippen molar-refractivity contribution in [2.24, 2.45) is 0 Å². The third-order valence-corrected chi connectivity index (χ3v) is 4.84. The maximum atomic E-state index is 12.3. The van der Waals surface area contributed by atoms with E-state index in [0.717, 1.165) is 16.5 Å². The number of rotatable bonds is 6. The van der Waals surface area contributed by atoms with E-state index in [1.165, 1.54) is 0 Å². The molecule has 2 aromatic carbocycles. The molecule has 0 saturated carbocycles. The number of hydrogen-bond acceptors (Lipinski definition) is 2. The van der Waals surface area contributed by atoms with Crippen LogP contribution in [0.25, 0.3) is 10.9 Å². The second kappa shape index (κ2) is 7.81. The van der Waals surface area contributed by atoms with Gasteiger partial charge < -0.3 is 15.4 Å². The average Bonchev–Trinajstić information content (AvgIpc) is 3.01. The van der Waals surface area contributed by atoms with Crippen LogP contribution >= 0.6 is 23.2 Å². The molecule has 0 spiro atoms. The summed E-state index contributed by atoms with van der Waals surface area (Å²) in [5, 5.41) is 13.7. The molecule has 1 aromatic heterocycles. The number of H-pyrrole nitrogens is 1. The van der Waals surface area contributed by atoms with Gasteiger partial charge in [-0.15, -0.1) is 0 Å². The molecule has 0 unspecified atom stereocenters. The number of halogens is 2. The first-order valence-corrected chi connectivity index (χ1v) is 8.71. The van der Waals surface area contributed by atoms with Crippen LogP contribution in [0, 0.1) is 0 Å². The Morgan fingerprint density at radius 3 is 2.46 bits per heavy atom. The second-order valence-electron chi connectivity index (χ2n) is 5.90. The van der Waals surface area contributed by atoms with Crippen LogP contribution < -0.4 is 5.32 Å². The lowest BCUT2D eigenvalue weighted by Crippen LogP contribution is -2.43. The molecule has 0 bridgehead atoms. The Morgan fingerprint density at radius 2 is 1.77 bits per heavy atom. The lowest BCUT2D eigenvalue weighted by Gasteiger charge is -2.15. The van der Waals surface area contributed by atoms with Crippen molar-refractivity contribution in [1.29, 1.82) is 0 Å². The maximum Gasteiger partial charge on any atom is 0.326 e. The van der Waals surface area contributed by atoms with Crippen molar-refractivity contribution in [3.8, 4) is 0 Å². The minimum Gasteiger partial charge on any atom is -0.480 e. The average molecular weight is 391 g/mol. The molecule has 0 aliphatic rings. The van der Waals surface area contributed by atoms with Gasteiger partial charge in [-0.1, -0.05) is 47.5 Å². The van der Waals surface area contributed by atoms with Crippen molar-refractivity contribution in [2.75, 3.05) is 0 Å². The van der Waals surface area contributed by atoms with Gasteiger partial charge in [0.25, 0.3) is 0 Å². The van der Waals surface area contributed by atoms with Crippen molar-refractivity contribution in [3.63, 3.8) is 0 Å². The van der Waals surface area contributed by atoms with Gasteiger partial charge in [0.1, 0.15) is 6.04 Å². The lowest BCUT2D eigenvalue weighted by atomic mass is 10.0. The van der Waals surface area contributed by atoms with E-state index < -0.39 is 17.9 Å². The minimum absolute atomic E-state index is 0.0871. The molecular weight excluding hydrogens is 375 g/mol. The Morgan fingerprint density at radius 1 is 1.08 bits per heavy atom. The second-order valence-corrected chi connectivity index (χ2v) is 6.71.